The molecule has 0 amide bonds. The number of thiophene rings is 2. The topological polar surface area (TPSA) is 65.7 Å². The molecule has 0 spiro atoms. The zero-order valence-electron chi connectivity index (χ0n) is 15.6. The van der Waals surface area contributed by atoms with Crippen molar-refractivity contribution < 1.29 is 23.5 Å². The van der Waals surface area contributed by atoms with Crippen LogP contribution in [0.15, 0.2) is 29.1 Å². The summed E-state index contributed by atoms with van der Waals surface area (Å²) in [6.45, 7) is 8.18. The number of furan rings is 1. The maximum absolute atomic E-state index is 12.0. The Kier molecular flexibility index (Phi) is 5.82. The van der Waals surface area contributed by atoms with Gasteiger partial charge in [-0.15, -0.1) is 22.7 Å². The lowest BCUT2D eigenvalue weighted by molar-refractivity contribution is 0.0522. The van der Waals surface area contributed by atoms with Crippen molar-refractivity contribution in [3.63, 3.8) is 0 Å². The molecule has 0 fully saturated rings. The van der Waals surface area contributed by atoms with E-state index in [2.05, 4.69) is 0 Å². The molecule has 3 aromatic heterocycles. The molecule has 0 atom stereocenters. The van der Waals surface area contributed by atoms with Crippen LogP contribution in [-0.2, 0) is 9.47 Å². The van der Waals surface area contributed by atoms with Crippen LogP contribution >= 0.6 is 22.7 Å². The molecule has 0 aliphatic heterocycles. The summed E-state index contributed by atoms with van der Waals surface area (Å²) in [5.74, 6) is -0.642. The lowest BCUT2D eigenvalue weighted by Crippen LogP contribution is -2.01. The van der Waals surface area contributed by atoms with Gasteiger partial charge >= 0.3 is 11.9 Å². The molecule has 0 N–H and O–H groups in total. The van der Waals surface area contributed by atoms with Gasteiger partial charge in [0.05, 0.1) is 25.7 Å². The average molecular weight is 405 g/mol. The molecule has 0 aliphatic rings. The first kappa shape index (κ1) is 19.4. The summed E-state index contributed by atoms with van der Waals surface area (Å²) in [5, 5.41) is 0. The first-order valence-corrected chi connectivity index (χ1v) is 10.2. The summed E-state index contributed by atoms with van der Waals surface area (Å²) in [6, 6.07) is 3.67. The second kappa shape index (κ2) is 8.10. The minimum absolute atomic E-state index is 0.321. The monoisotopic (exact) mass is 404 g/mol. The highest BCUT2D eigenvalue weighted by Gasteiger charge is 2.21. The van der Waals surface area contributed by atoms with Crippen LogP contribution in [0.2, 0.25) is 0 Å². The molecule has 27 heavy (non-hydrogen) atoms. The fourth-order valence-corrected chi connectivity index (χ4v) is 4.67. The molecule has 3 heterocycles. The fourth-order valence-electron chi connectivity index (χ4n) is 2.82. The van der Waals surface area contributed by atoms with E-state index in [4.69, 9.17) is 13.9 Å². The molecule has 0 saturated heterocycles. The van der Waals surface area contributed by atoms with E-state index in [-0.39, 0.29) is 11.9 Å². The summed E-state index contributed by atoms with van der Waals surface area (Å²) in [6.07, 6.45) is 3.33. The Morgan fingerprint density at radius 3 is 1.59 bits per heavy atom. The number of ether oxygens (including phenoxy) is 2. The third-order valence-electron chi connectivity index (χ3n) is 4.03. The number of hydrogen-bond donors (Lipinski definition) is 0. The van der Waals surface area contributed by atoms with Gasteiger partial charge in [-0.2, -0.15) is 0 Å². The highest BCUT2D eigenvalue weighted by Crippen LogP contribution is 2.41. The third kappa shape index (κ3) is 3.84. The van der Waals surface area contributed by atoms with Gasteiger partial charge in [0, 0.05) is 20.9 Å². The van der Waals surface area contributed by atoms with Crippen LogP contribution in [0, 0.1) is 13.8 Å². The molecule has 0 bridgehead atoms. The van der Waals surface area contributed by atoms with E-state index in [1.54, 1.807) is 26.4 Å². The number of rotatable bonds is 6. The highest BCUT2D eigenvalue weighted by molar-refractivity contribution is 7.14. The summed E-state index contributed by atoms with van der Waals surface area (Å²) >= 11 is 2.80. The Bertz CT molecular complexity index is 900. The number of esters is 2. The van der Waals surface area contributed by atoms with Crippen LogP contribution in [0.3, 0.4) is 0 Å². The van der Waals surface area contributed by atoms with Crippen LogP contribution in [0.5, 0.6) is 0 Å². The normalized spacial score (nSPS) is 10.8. The largest absolute Gasteiger partial charge is 0.471 e. The Morgan fingerprint density at radius 2 is 1.22 bits per heavy atom. The summed E-state index contributed by atoms with van der Waals surface area (Å²) in [4.78, 5) is 27.2. The van der Waals surface area contributed by atoms with Crippen LogP contribution < -0.4 is 0 Å². The van der Waals surface area contributed by atoms with Crippen molar-refractivity contribution in [1.82, 2.24) is 0 Å². The van der Waals surface area contributed by atoms with Gasteiger partial charge < -0.3 is 13.9 Å². The molecule has 0 aromatic carbocycles. The SMILES string of the molecule is CCOC(=O)c1cc(-c2cocc2-c2cc(C(=O)OCC)sc2C)c(C)s1. The van der Waals surface area contributed by atoms with Gasteiger partial charge in [0.15, 0.2) is 0 Å². The molecule has 7 heteroatoms. The van der Waals surface area contributed by atoms with Crippen molar-refractivity contribution in [2.75, 3.05) is 13.2 Å². The first-order valence-electron chi connectivity index (χ1n) is 8.58. The Morgan fingerprint density at radius 1 is 0.815 bits per heavy atom. The number of carbonyl (C=O) groups is 2. The maximum Gasteiger partial charge on any atom is 0.348 e. The van der Waals surface area contributed by atoms with Gasteiger partial charge in [-0.05, 0) is 51.0 Å². The lowest BCUT2D eigenvalue weighted by Gasteiger charge is -2.02. The summed E-state index contributed by atoms with van der Waals surface area (Å²) in [7, 11) is 0. The quantitative estimate of drug-likeness (QED) is 0.493. The molecule has 3 rings (SSSR count). The van der Waals surface area contributed by atoms with Gasteiger partial charge in [0.25, 0.3) is 0 Å². The van der Waals surface area contributed by atoms with Gasteiger partial charge in [-0.25, -0.2) is 9.59 Å². The van der Waals surface area contributed by atoms with E-state index in [0.717, 1.165) is 32.0 Å². The molecule has 3 aromatic rings. The van der Waals surface area contributed by atoms with Gasteiger partial charge in [-0.1, -0.05) is 0 Å². The predicted octanol–water partition coefficient (Wildman–Crippen LogP) is 5.71. The second-order valence-electron chi connectivity index (χ2n) is 5.80. The van der Waals surface area contributed by atoms with E-state index in [1.807, 2.05) is 26.0 Å². The summed E-state index contributed by atoms with van der Waals surface area (Å²) < 4.78 is 15.7. The summed E-state index contributed by atoms with van der Waals surface area (Å²) in [5.41, 5.74) is 3.62. The van der Waals surface area contributed by atoms with E-state index >= 15 is 0 Å². The molecule has 5 nitrogen and oxygen atoms in total. The van der Waals surface area contributed by atoms with Crippen molar-refractivity contribution in [3.05, 3.63) is 44.2 Å². The zero-order valence-corrected chi connectivity index (χ0v) is 17.2. The van der Waals surface area contributed by atoms with Crippen molar-refractivity contribution >= 4 is 34.6 Å². The highest BCUT2D eigenvalue weighted by atomic mass is 32.1. The minimum Gasteiger partial charge on any atom is -0.471 e. The molecular formula is C20H20O5S2. The average Bonchev–Trinajstić information content (AvgIpc) is 3.33. The van der Waals surface area contributed by atoms with Crippen molar-refractivity contribution in [2.45, 2.75) is 27.7 Å². The van der Waals surface area contributed by atoms with Crippen molar-refractivity contribution in [1.29, 1.82) is 0 Å². The van der Waals surface area contributed by atoms with E-state index < -0.39 is 0 Å². The maximum atomic E-state index is 12.0. The van der Waals surface area contributed by atoms with E-state index in [1.165, 1.54) is 22.7 Å². The molecular weight excluding hydrogens is 384 g/mol. The predicted molar refractivity (Wildman–Crippen MR) is 107 cm³/mol. The number of aryl methyl sites for hydroxylation is 2. The standard InChI is InChI=1S/C20H20O5S2/c1-5-24-19(21)17-7-13(11(3)26-17)15-9-23-10-16(15)14-8-18(27-12(14)4)20(22)25-6-2/h7-10H,5-6H2,1-4H3. The first-order chi connectivity index (χ1) is 13.0. The van der Waals surface area contributed by atoms with Gasteiger partial charge in [-0.3, -0.25) is 0 Å². The Hall–Kier alpha value is -2.38. The second-order valence-corrected chi connectivity index (χ2v) is 8.31. The number of carbonyl (C=O) groups excluding carboxylic acids is 2. The Balaban J connectivity index is 2.01. The van der Waals surface area contributed by atoms with Crippen LogP contribution in [0.4, 0.5) is 0 Å². The Labute approximate surface area is 165 Å². The zero-order chi connectivity index (χ0) is 19.6. The minimum atomic E-state index is -0.321. The van der Waals surface area contributed by atoms with Crippen molar-refractivity contribution in [3.8, 4) is 22.3 Å². The molecule has 0 unspecified atom stereocenters. The lowest BCUT2D eigenvalue weighted by atomic mass is 9.99. The number of hydrogen-bond acceptors (Lipinski definition) is 7. The van der Waals surface area contributed by atoms with Gasteiger partial charge in [0.2, 0.25) is 0 Å². The molecule has 0 aliphatic carbocycles. The van der Waals surface area contributed by atoms with Gasteiger partial charge in [0.1, 0.15) is 9.75 Å². The third-order valence-corrected chi connectivity index (χ3v) is 6.09. The van der Waals surface area contributed by atoms with E-state index in [9.17, 15) is 9.59 Å². The fraction of sp³-hybridized carbons (Fsp3) is 0.300. The van der Waals surface area contributed by atoms with Crippen LogP contribution in [0.1, 0.15) is 42.9 Å². The van der Waals surface area contributed by atoms with Crippen LogP contribution in [0.25, 0.3) is 22.3 Å². The smallest absolute Gasteiger partial charge is 0.348 e. The van der Waals surface area contributed by atoms with E-state index in [0.29, 0.717) is 23.0 Å². The van der Waals surface area contributed by atoms with Crippen molar-refractivity contribution in [2.24, 2.45) is 0 Å². The molecule has 142 valence electrons. The molecule has 0 saturated carbocycles. The molecule has 0 radical (unpaired) electrons. The van der Waals surface area contributed by atoms with Crippen LogP contribution in [-0.4, -0.2) is 25.2 Å².